The maximum Gasteiger partial charge on any atom is 0.264 e. The predicted octanol–water partition coefficient (Wildman–Crippen LogP) is 5.20. The lowest BCUT2D eigenvalue weighted by Gasteiger charge is -1.99. The lowest BCUT2D eigenvalue weighted by molar-refractivity contribution is -0.115. The fourth-order valence-electron chi connectivity index (χ4n) is 1.92. The first kappa shape index (κ1) is 17.6. The van der Waals surface area contributed by atoms with Gasteiger partial charge in [-0.05, 0) is 76.3 Å². The van der Waals surface area contributed by atoms with E-state index in [1.54, 1.807) is 42.5 Å². The third-order valence-corrected chi connectivity index (χ3v) is 5.57. The highest BCUT2D eigenvalue weighted by Crippen LogP contribution is 2.31. The van der Waals surface area contributed by atoms with Crippen molar-refractivity contribution < 1.29 is 9.90 Å². The molecule has 2 aromatic rings. The van der Waals surface area contributed by atoms with Crippen molar-refractivity contribution in [3.05, 3.63) is 60.5 Å². The van der Waals surface area contributed by atoms with Gasteiger partial charge in [-0.25, -0.2) is 4.99 Å². The summed E-state index contributed by atoms with van der Waals surface area (Å²) in [6.07, 6.45) is 1.75. The first-order valence-electron chi connectivity index (χ1n) is 6.65. The summed E-state index contributed by atoms with van der Waals surface area (Å²) >= 11 is 15.1. The molecule has 0 atom stereocenters. The van der Waals surface area contributed by atoms with Gasteiger partial charge in [0.1, 0.15) is 5.75 Å². The second-order valence-electron chi connectivity index (χ2n) is 4.79. The average Bonchev–Trinajstić information content (AvgIpc) is 2.86. The van der Waals surface area contributed by atoms with E-state index in [0.29, 0.717) is 25.8 Å². The van der Waals surface area contributed by atoms with Crippen molar-refractivity contribution in [1.82, 2.24) is 5.32 Å². The third kappa shape index (κ3) is 4.05. The lowest BCUT2D eigenvalue weighted by atomic mass is 10.2. The minimum absolute atomic E-state index is 0.211. The Hall–Kier alpha value is -1.22. The van der Waals surface area contributed by atoms with Gasteiger partial charge in [-0.2, -0.15) is 0 Å². The normalized spacial score (nSPS) is 17.5. The van der Waals surface area contributed by atoms with Gasteiger partial charge in [0.15, 0.2) is 5.17 Å². The molecule has 1 aliphatic rings. The Kier molecular flexibility index (Phi) is 5.39. The molecular weight excluding hydrogens is 482 g/mol. The highest BCUT2D eigenvalue weighted by molar-refractivity contribution is 14.1. The standard InChI is InChI=1S/C16H9Cl2IN2O2S/c17-10-3-2-9(7-11(10)18)20-16-21-15(23)14(24-16)6-8-1-4-13(22)12(19)5-8/h1-7,22H,(H,20,21,23)/b14-6-. The third-order valence-electron chi connectivity index (χ3n) is 3.05. The minimum Gasteiger partial charge on any atom is -0.507 e. The quantitative estimate of drug-likeness (QED) is 0.449. The highest BCUT2D eigenvalue weighted by Gasteiger charge is 2.23. The molecule has 2 N–H and O–H groups in total. The Morgan fingerprint density at radius 1 is 1.17 bits per heavy atom. The van der Waals surface area contributed by atoms with Crippen LogP contribution < -0.4 is 5.32 Å². The Balaban J connectivity index is 1.84. The van der Waals surface area contributed by atoms with Crippen LogP contribution in [-0.4, -0.2) is 16.2 Å². The van der Waals surface area contributed by atoms with Crippen LogP contribution in [-0.2, 0) is 4.79 Å². The number of nitrogens with zero attached hydrogens (tertiary/aromatic N) is 1. The largest absolute Gasteiger partial charge is 0.507 e. The van der Waals surface area contributed by atoms with E-state index in [0.717, 1.165) is 9.13 Å². The van der Waals surface area contributed by atoms with E-state index in [1.165, 1.54) is 11.8 Å². The Morgan fingerprint density at radius 3 is 2.67 bits per heavy atom. The van der Waals surface area contributed by atoms with Crippen molar-refractivity contribution in [3.8, 4) is 5.75 Å². The molecule has 0 bridgehead atoms. The predicted molar refractivity (Wildman–Crippen MR) is 108 cm³/mol. The van der Waals surface area contributed by atoms with Crippen LogP contribution in [0.5, 0.6) is 5.75 Å². The van der Waals surface area contributed by atoms with Crippen LogP contribution in [0.2, 0.25) is 10.0 Å². The van der Waals surface area contributed by atoms with Crippen LogP contribution in [0, 0.1) is 3.57 Å². The fourth-order valence-corrected chi connectivity index (χ4v) is 3.59. The highest BCUT2D eigenvalue weighted by atomic mass is 127. The summed E-state index contributed by atoms with van der Waals surface area (Å²) in [4.78, 5) is 17.0. The SMILES string of the molecule is O=C1NC(=Nc2ccc(Cl)c(Cl)c2)S/C1=C\c1ccc(O)c(I)c1. The number of phenolic OH excluding ortho intramolecular Hbond substituents is 1. The molecule has 0 aromatic heterocycles. The van der Waals surface area contributed by atoms with Gasteiger partial charge in [-0.3, -0.25) is 4.79 Å². The first-order valence-corrected chi connectivity index (χ1v) is 9.30. The molecule has 122 valence electrons. The number of halogens is 3. The summed E-state index contributed by atoms with van der Waals surface area (Å²) in [5.41, 5.74) is 1.43. The molecule has 0 saturated carbocycles. The maximum atomic E-state index is 12.1. The monoisotopic (exact) mass is 490 g/mol. The van der Waals surface area contributed by atoms with E-state index in [2.05, 4.69) is 10.3 Å². The Labute approximate surface area is 166 Å². The maximum absolute atomic E-state index is 12.1. The number of aliphatic imine (C=N–C) groups is 1. The van der Waals surface area contributed by atoms with Crippen molar-refractivity contribution in [3.63, 3.8) is 0 Å². The van der Waals surface area contributed by atoms with Gasteiger partial charge in [0.05, 0.1) is 24.2 Å². The van der Waals surface area contributed by atoms with Crippen LogP contribution in [0.25, 0.3) is 6.08 Å². The topological polar surface area (TPSA) is 61.7 Å². The zero-order valence-electron chi connectivity index (χ0n) is 11.9. The molecular formula is C16H9Cl2IN2O2S. The van der Waals surface area contributed by atoms with E-state index in [9.17, 15) is 9.90 Å². The molecule has 0 unspecified atom stereocenters. The number of phenols is 1. The van der Waals surface area contributed by atoms with Crippen LogP contribution in [0.1, 0.15) is 5.56 Å². The molecule has 1 fully saturated rings. The van der Waals surface area contributed by atoms with Crippen molar-refractivity contribution in [2.24, 2.45) is 4.99 Å². The molecule has 1 aliphatic heterocycles. The van der Waals surface area contributed by atoms with Crippen LogP contribution >= 0.6 is 57.6 Å². The van der Waals surface area contributed by atoms with Crippen LogP contribution in [0.4, 0.5) is 5.69 Å². The van der Waals surface area contributed by atoms with Gasteiger partial charge < -0.3 is 10.4 Å². The molecule has 24 heavy (non-hydrogen) atoms. The van der Waals surface area contributed by atoms with Crippen molar-refractivity contribution >= 4 is 80.4 Å². The van der Waals surface area contributed by atoms with E-state index in [4.69, 9.17) is 23.2 Å². The number of hydrogen-bond donors (Lipinski definition) is 2. The Morgan fingerprint density at radius 2 is 1.96 bits per heavy atom. The second kappa shape index (κ2) is 7.35. The van der Waals surface area contributed by atoms with Crippen molar-refractivity contribution in [2.45, 2.75) is 0 Å². The van der Waals surface area contributed by atoms with E-state index < -0.39 is 0 Å². The van der Waals surface area contributed by atoms with E-state index in [1.807, 2.05) is 22.6 Å². The lowest BCUT2D eigenvalue weighted by Crippen LogP contribution is -2.19. The smallest absolute Gasteiger partial charge is 0.264 e. The average molecular weight is 491 g/mol. The summed E-state index contributed by atoms with van der Waals surface area (Å²) in [5, 5.41) is 13.6. The summed E-state index contributed by atoms with van der Waals surface area (Å²) in [7, 11) is 0. The Bertz CT molecular complexity index is 900. The van der Waals surface area contributed by atoms with Gasteiger partial charge in [-0.15, -0.1) is 0 Å². The molecule has 0 radical (unpaired) electrons. The number of thioether (sulfide) groups is 1. The van der Waals surface area contributed by atoms with Gasteiger partial charge >= 0.3 is 0 Å². The molecule has 1 amide bonds. The van der Waals surface area contributed by atoms with Gasteiger partial charge in [-0.1, -0.05) is 29.3 Å². The molecule has 3 rings (SSSR count). The molecule has 8 heteroatoms. The summed E-state index contributed by atoms with van der Waals surface area (Å²) in [6, 6.07) is 10.1. The molecule has 0 spiro atoms. The number of carbonyl (C=O) groups is 1. The number of amides is 1. The zero-order valence-corrected chi connectivity index (χ0v) is 16.4. The summed E-state index contributed by atoms with van der Waals surface area (Å²) in [5.74, 6) is -0.00922. The second-order valence-corrected chi connectivity index (χ2v) is 7.80. The first-order chi connectivity index (χ1) is 11.4. The summed E-state index contributed by atoms with van der Waals surface area (Å²) < 4.78 is 0.718. The molecule has 1 saturated heterocycles. The minimum atomic E-state index is -0.220. The van der Waals surface area contributed by atoms with Gasteiger partial charge in [0, 0.05) is 0 Å². The zero-order chi connectivity index (χ0) is 17.3. The number of amidine groups is 1. The van der Waals surface area contributed by atoms with Crippen LogP contribution in [0.15, 0.2) is 46.3 Å². The fraction of sp³-hybridized carbons (Fsp3) is 0. The molecule has 2 aromatic carbocycles. The number of nitrogens with one attached hydrogen (secondary N) is 1. The van der Waals surface area contributed by atoms with Gasteiger partial charge in [0.25, 0.3) is 5.91 Å². The summed E-state index contributed by atoms with van der Waals surface area (Å²) in [6.45, 7) is 0. The number of aromatic hydroxyl groups is 1. The molecule has 4 nitrogen and oxygen atoms in total. The number of carbonyl (C=O) groups excluding carboxylic acids is 1. The van der Waals surface area contributed by atoms with Crippen molar-refractivity contribution in [2.75, 3.05) is 0 Å². The number of rotatable bonds is 2. The van der Waals surface area contributed by atoms with E-state index >= 15 is 0 Å². The molecule has 0 aliphatic carbocycles. The van der Waals surface area contributed by atoms with Gasteiger partial charge in [0.2, 0.25) is 0 Å². The number of benzene rings is 2. The van der Waals surface area contributed by atoms with E-state index in [-0.39, 0.29) is 11.7 Å². The van der Waals surface area contributed by atoms with Crippen molar-refractivity contribution in [1.29, 1.82) is 0 Å². The number of hydrogen-bond acceptors (Lipinski definition) is 4. The molecule has 1 heterocycles. The van der Waals surface area contributed by atoms with Crippen LogP contribution in [0.3, 0.4) is 0 Å².